The number of rotatable bonds is 5. The lowest BCUT2D eigenvalue weighted by molar-refractivity contribution is 0.00939. The van der Waals surface area contributed by atoms with Crippen molar-refractivity contribution in [1.82, 2.24) is 15.2 Å². The van der Waals surface area contributed by atoms with Crippen molar-refractivity contribution in [3.05, 3.63) is 66.0 Å². The summed E-state index contributed by atoms with van der Waals surface area (Å²) >= 11 is 0. The number of hydrogen-bond donors (Lipinski definition) is 1. The molecule has 0 saturated carbocycles. The fraction of sp³-hybridized carbons (Fsp3) is 0.476. The second-order valence-electron chi connectivity index (χ2n) is 7.33. The van der Waals surface area contributed by atoms with Gasteiger partial charge >= 0.3 is 0 Å². The van der Waals surface area contributed by atoms with E-state index in [0.29, 0.717) is 18.1 Å². The van der Waals surface area contributed by atoms with Crippen molar-refractivity contribution in [3.8, 4) is 0 Å². The monoisotopic (exact) mass is 321 g/mol. The minimum atomic E-state index is 0.396. The van der Waals surface area contributed by atoms with Gasteiger partial charge in [-0.2, -0.15) is 0 Å². The largest absolute Gasteiger partial charge is 0.306 e. The Bertz CT molecular complexity index is 635. The summed E-state index contributed by atoms with van der Waals surface area (Å²) in [6, 6.07) is 16.7. The number of fused-ring (bicyclic) bond motifs is 3. The van der Waals surface area contributed by atoms with Crippen molar-refractivity contribution >= 4 is 0 Å². The SMILES string of the molecule is C[C@@H](N[C@@H]1C2CCN(CC2)[C@H]1Cc1cccnc1)c1ccccc1. The van der Waals surface area contributed by atoms with Crippen molar-refractivity contribution < 1.29 is 0 Å². The van der Waals surface area contributed by atoms with E-state index in [0.717, 1.165) is 12.3 Å². The van der Waals surface area contributed by atoms with Crippen molar-refractivity contribution in [2.75, 3.05) is 13.1 Å². The molecule has 3 aliphatic rings. The number of piperidine rings is 3. The fourth-order valence-corrected chi connectivity index (χ4v) is 4.54. The van der Waals surface area contributed by atoms with Crippen LogP contribution >= 0.6 is 0 Å². The molecular formula is C21H27N3. The van der Waals surface area contributed by atoms with E-state index in [9.17, 15) is 0 Å². The first-order chi connectivity index (χ1) is 11.8. The lowest BCUT2D eigenvalue weighted by Crippen LogP contribution is -2.63. The molecule has 4 heterocycles. The Kier molecular flexibility index (Phi) is 4.63. The Hall–Kier alpha value is -1.71. The summed E-state index contributed by atoms with van der Waals surface area (Å²) in [5, 5.41) is 3.97. The van der Waals surface area contributed by atoms with E-state index >= 15 is 0 Å². The highest BCUT2D eigenvalue weighted by atomic mass is 15.2. The summed E-state index contributed by atoms with van der Waals surface area (Å²) in [6.45, 7) is 4.81. The van der Waals surface area contributed by atoms with E-state index in [4.69, 9.17) is 0 Å². The fourth-order valence-electron chi connectivity index (χ4n) is 4.54. The number of benzene rings is 1. The maximum Gasteiger partial charge on any atom is 0.0300 e. The molecule has 0 radical (unpaired) electrons. The van der Waals surface area contributed by atoms with Crippen molar-refractivity contribution in [2.24, 2.45) is 5.92 Å². The molecule has 0 amide bonds. The predicted octanol–water partition coefficient (Wildman–Crippen LogP) is 3.44. The van der Waals surface area contributed by atoms with Crippen LogP contribution in [0.15, 0.2) is 54.9 Å². The van der Waals surface area contributed by atoms with Gasteiger partial charge in [0.1, 0.15) is 0 Å². The van der Waals surface area contributed by atoms with Gasteiger partial charge in [-0.05, 0) is 62.4 Å². The molecule has 3 nitrogen and oxygen atoms in total. The standard InChI is InChI=1S/C21H27N3/c1-16(18-7-3-2-4-8-18)23-21-19-9-12-24(13-10-19)20(21)14-17-6-5-11-22-15-17/h2-8,11,15-16,19-21,23H,9-10,12-14H2,1H3/t16-,20+,21-/m1/s1. The quantitative estimate of drug-likeness (QED) is 0.914. The lowest BCUT2D eigenvalue weighted by atomic mass is 9.76. The summed E-state index contributed by atoms with van der Waals surface area (Å²) in [7, 11) is 0. The molecule has 3 aliphatic heterocycles. The molecule has 0 unspecified atom stereocenters. The average molecular weight is 321 g/mol. The van der Waals surface area contributed by atoms with Crippen LogP contribution < -0.4 is 5.32 Å². The van der Waals surface area contributed by atoms with Gasteiger partial charge < -0.3 is 5.32 Å². The third-order valence-electron chi connectivity index (χ3n) is 5.88. The van der Waals surface area contributed by atoms with Crippen LogP contribution in [-0.2, 0) is 6.42 Å². The third kappa shape index (κ3) is 3.24. The zero-order valence-electron chi connectivity index (χ0n) is 14.4. The molecule has 2 aromatic rings. The molecule has 0 spiro atoms. The highest BCUT2D eigenvalue weighted by Crippen LogP contribution is 2.35. The topological polar surface area (TPSA) is 28.2 Å². The maximum absolute atomic E-state index is 4.31. The molecule has 3 atom stereocenters. The Morgan fingerprint density at radius 3 is 2.62 bits per heavy atom. The van der Waals surface area contributed by atoms with Gasteiger partial charge in [0.25, 0.3) is 0 Å². The molecule has 3 saturated heterocycles. The lowest BCUT2D eigenvalue weighted by Gasteiger charge is -2.52. The first-order valence-corrected chi connectivity index (χ1v) is 9.25. The van der Waals surface area contributed by atoms with Crippen LogP contribution in [0.25, 0.3) is 0 Å². The first kappa shape index (κ1) is 15.8. The average Bonchev–Trinajstić information content (AvgIpc) is 2.66. The first-order valence-electron chi connectivity index (χ1n) is 9.25. The number of nitrogens with one attached hydrogen (secondary N) is 1. The summed E-state index contributed by atoms with van der Waals surface area (Å²) in [4.78, 5) is 7.00. The van der Waals surface area contributed by atoms with Crippen LogP contribution in [0.1, 0.15) is 36.9 Å². The van der Waals surface area contributed by atoms with Gasteiger partial charge in [-0.3, -0.25) is 9.88 Å². The normalized spacial score (nSPS) is 30.2. The van der Waals surface area contributed by atoms with Gasteiger partial charge in [-0.1, -0.05) is 36.4 Å². The van der Waals surface area contributed by atoms with Crippen molar-refractivity contribution in [3.63, 3.8) is 0 Å². The van der Waals surface area contributed by atoms with E-state index in [2.05, 4.69) is 64.6 Å². The van der Waals surface area contributed by atoms with Gasteiger partial charge in [0.15, 0.2) is 0 Å². The van der Waals surface area contributed by atoms with Gasteiger partial charge in [0, 0.05) is 30.5 Å². The van der Waals surface area contributed by atoms with Crippen LogP contribution in [0.3, 0.4) is 0 Å². The number of nitrogens with zero attached hydrogens (tertiary/aromatic N) is 2. The molecule has 1 N–H and O–H groups in total. The molecule has 24 heavy (non-hydrogen) atoms. The molecule has 1 aromatic heterocycles. The van der Waals surface area contributed by atoms with Crippen LogP contribution in [0, 0.1) is 5.92 Å². The van der Waals surface area contributed by atoms with Crippen LogP contribution in [0.2, 0.25) is 0 Å². The molecule has 0 aliphatic carbocycles. The van der Waals surface area contributed by atoms with Gasteiger partial charge in [-0.25, -0.2) is 0 Å². The van der Waals surface area contributed by atoms with Crippen LogP contribution in [0.4, 0.5) is 0 Å². The highest BCUT2D eigenvalue weighted by Gasteiger charge is 2.42. The van der Waals surface area contributed by atoms with E-state index in [1.165, 1.54) is 37.1 Å². The smallest absolute Gasteiger partial charge is 0.0300 e. The Labute approximate surface area is 145 Å². The van der Waals surface area contributed by atoms with Crippen LogP contribution in [-0.4, -0.2) is 35.1 Å². The maximum atomic E-state index is 4.31. The molecule has 5 rings (SSSR count). The zero-order chi connectivity index (χ0) is 16.4. The van der Waals surface area contributed by atoms with Gasteiger partial charge in [0.05, 0.1) is 0 Å². The number of hydrogen-bond acceptors (Lipinski definition) is 3. The van der Waals surface area contributed by atoms with Crippen molar-refractivity contribution in [1.29, 1.82) is 0 Å². The number of pyridine rings is 1. The summed E-state index contributed by atoms with van der Waals surface area (Å²) in [5.74, 6) is 0.808. The predicted molar refractivity (Wildman–Crippen MR) is 97.8 cm³/mol. The zero-order valence-corrected chi connectivity index (χ0v) is 14.4. The summed E-state index contributed by atoms with van der Waals surface area (Å²) in [6.07, 6.45) is 7.67. The Morgan fingerprint density at radius 2 is 1.92 bits per heavy atom. The minimum Gasteiger partial charge on any atom is -0.306 e. The Balaban J connectivity index is 1.52. The summed E-state index contributed by atoms with van der Waals surface area (Å²) in [5.41, 5.74) is 2.74. The van der Waals surface area contributed by atoms with E-state index < -0.39 is 0 Å². The van der Waals surface area contributed by atoms with Gasteiger partial charge in [-0.15, -0.1) is 0 Å². The van der Waals surface area contributed by atoms with E-state index in [-0.39, 0.29) is 0 Å². The molecular weight excluding hydrogens is 294 g/mol. The highest BCUT2D eigenvalue weighted by molar-refractivity contribution is 5.19. The molecule has 3 heteroatoms. The molecule has 126 valence electrons. The van der Waals surface area contributed by atoms with E-state index in [1.54, 1.807) is 0 Å². The Morgan fingerprint density at radius 1 is 1.12 bits per heavy atom. The minimum absolute atomic E-state index is 0.396. The molecule has 3 fully saturated rings. The second kappa shape index (κ2) is 7.04. The van der Waals surface area contributed by atoms with Gasteiger partial charge in [0.2, 0.25) is 0 Å². The molecule has 1 aromatic carbocycles. The second-order valence-corrected chi connectivity index (χ2v) is 7.33. The van der Waals surface area contributed by atoms with Crippen molar-refractivity contribution in [2.45, 2.75) is 44.3 Å². The third-order valence-corrected chi connectivity index (χ3v) is 5.88. The van der Waals surface area contributed by atoms with Crippen LogP contribution in [0.5, 0.6) is 0 Å². The van der Waals surface area contributed by atoms with E-state index in [1.807, 2.05) is 12.4 Å². The number of aromatic nitrogens is 1. The molecule has 2 bridgehead atoms. The summed E-state index contributed by atoms with van der Waals surface area (Å²) < 4.78 is 0.